The molecule has 0 radical (unpaired) electrons. The van der Waals surface area contributed by atoms with Crippen LogP contribution < -0.4 is 34.7 Å². The molecule has 0 saturated carbocycles. The molecule has 370 valence electrons. The van der Waals surface area contributed by atoms with Crippen molar-refractivity contribution in [3.8, 4) is 20.9 Å². The van der Waals surface area contributed by atoms with Gasteiger partial charge in [0.05, 0.1) is 17.5 Å². The molecule has 10 atom stereocenters. The van der Waals surface area contributed by atoms with E-state index in [4.69, 9.17) is 19.3 Å². The van der Waals surface area contributed by atoms with E-state index in [-0.39, 0.29) is 65.0 Å². The fraction of sp³-hybridized carbons (Fsp3) is 0.400. The van der Waals surface area contributed by atoms with Crippen LogP contribution in [0.5, 0.6) is 0 Å². The number of aliphatic hydroxyl groups excluding tert-OH is 3. The molecule has 0 bridgehead atoms. The van der Waals surface area contributed by atoms with Crippen molar-refractivity contribution in [1.82, 2.24) is 0 Å². The van der Waals surface area contributed by atoms with E-state index in [0.29, 0.717) is 0 Å². The summed E-state index contributed by atoms with van der Waals surface area (Å²) in [7, 11) is 0.750. The van der Waals surface area contributed by atoms with E-state index in [1.54, 1.807) is 46.6 Å². The van der Waals surface area contributed by atoms with E-state index in [0.717, 1.165) is 36.6 Å². The van der Waals surface area contributed by atoms with Crippen molar-refractivity contribution in [1.29, 1.82) is 0 Å². The van der Waals surface area contributed by atoms with Crippen LogP contribution in [0.25, 0.3) is 20.9 Å². The third kappa shape index (κ3) is 14.6. The Morgan fingerprint density at radius 1 is 0.629 bits per heavy atom. The van der Waals surface area contributed by atoms with Crippen LogP contribution in [-0.2, 0) is 31.8 Å². The van der Waals surface area contributed by atoms with Crippen LogP contribution >= 0.6 is 69.7 Å². The summed E-state index contributed by atoms with van der Waals surface area (Å²) in [6, 6.07) is 38.9. The number of carbonyl (C=O) groups excluding carboxylic acids is 1. The third-order valence-corrected chi connectivity index (χ3v) is 18.5. The molecule has 8 rings (SSSR count). The monoisotopic (exact) mass is 1070 g/mol. The molecule has 0 spiro atoms. The number of hydrogen-bond acceptors (Lipinski definition) is 14. The maximum atomic E-state index is 11.8. The van der Waals surface area contributed by atoms with Crippen LogP contribution in [0.3, 0.4) is 0 Å². The van der Waals surface area contributed by atoms with Gasteiger partial charge < -0.3 is 34.6 Å². The first-order valence-electron chi connectivity index (χ1n) is 22.9. The van der Waals surface area contributed by atoms with E-state index in [1.807, 2.05) is 29.7 Å². The third-order valence-electron chi connectivity index (χ3n) is 12.8. The van der Waals surface area contributed by atoms with Gasteiger partial charge in [0.15, 0.2) is 0 Å². The van der Waals surface area contributed by atoms with Crippen molar-refractivity contribution in [3.05, 3.63) is 152 Å². The molecule has 2 saturated heterocycles. The number of ether oxygens (including phenoxy) is 3. The average Bonchev–Trinajstić information content (AvgIpc) is 4.05. The largest absolute Gasteiger partial charge is 1.00 e. The molecule has 2 aliphatic rings. The van der Waals surface area contributed by atoms with Crippen LogP contribution in [0.4, 0.5) is 0 Å². The van der Waals surface area contributed by atoms with Crippen molar-refractivity contribution >= 4 is 75.7 Å². The second-order valence-corrected chi connectivity index (χ2v) is 23.3. The molecule has 8 nitrogen and oxygen atoms in total. The van der Waals surface area contributed by atoms with Crippen molar-refractivity contribution in [3.63, 3.8) is 0 Å². The molecule has 2 fully saturated rings. The quantitative estimate of drug-likeness (QED) is 0.0582. The number of thiophene rings is 2. The molecule has 6 aromatic rings. The van der Waals surface area contributed by atoms with E-state index in [1.165, 1.54) is 75.8 Å². The molecule has 15 heteroatoms. The van der Waals surface area contributed by atoms with E-state index < -0.39 is 29.9 Å². The number of benzene rings is 4. The first-order chi connectivity index (χ1) is 33.2. The van der Waals surface area contributed by atoms with Crippen molar-refractivity contribution < 1.29 is 69.0 Å². The van der Waals surface area contributed by atoms with Crippen molar-refractivity contribution in [2.45, 2.75) is 111 Å². The number of carbonyl (C=O) groups is 1. The molecular weight excluding hydrogens is 1000 g/mol. The first kappa shape index (κ1) is 58.8. The van der Waals surface area contributed by atoms with Gasteiger partial charge in [-0.2, -0.15) is 18.9 Å². The minimum absolute atomic E-state index is 0. The van der Waals surface area contributed by atoms with Gasteiger partial charge in [0.1, 0.15) is 36.0 Å². The Kier molecular flexibility index (Phi) is 23.5. The summed E-state index contributed by atoms with van der Waals surface area (Å²) in [5, 5.41) is 39.3. The number of esters is 1. The molecule has 4 aromatic carbocycles. The zero-order chi connectivity index (χ0) is 49.9. The fourth-order valence-electron chi connectivity index (χ4n) is 8.64. The van der Waals surface area contributed by atoms with Gasteiger partial charge in [0.25, 0.3) is 0 Å². The molecule has 2 unspecified atom stereocenters. The first-order valence-corrected chi connectivity index (χ1v) is 29.5. The number of aliphatic hydroxyl groups is 3. The van der Waals surface area contributed by atoms with E-state index in [9.17, 15) is 20.1 Å². The van der Waals surface area contributed by atoms with Gasteiger partial charge in [-0.05, 0) is 139 Å². The SMILES string of the molecule is CSc1ccc(-c2ccc(Cc3cc(C4O[C@H](C)[C@@H](C)[C@H](OC(C)=O)[C@H]4SC)ccc3C)s2)cc1.CSc1ccc(-c2ccc(Cc3cc(C4O[C@H](SC)[C@@H](O)[C@H](O)[C@H]4O)ccc3C)s2)cc1.C[O-].[Na+]. The summed E-state index contributed by atoms with van der Waals surface area (Å²) >= 11 is 10.2. The Hall–Kier alpha value is -2.09. The van der Waals surface area contributed by atoms with Crippen LogP contribution in [-0.4, -0.2) is 94.6 Å². The predicted octanol–water partition coefficient (Wildman–Crippen LogP) is 8.66. The molecule has 2 aliphatic heterocycles. The van der Waals surface area contributed by atoms with Gasteiger partial charge in [-0.3, -0.25) is 4.79 Å². The smallest absolute Gasteiger partial charge is 0.857 e. The summed E-state index contributed by atoms with van der Waals surface area (Å²) in [6.07, 6.45) is 5.26. The molecule has 2 aromatic heterocycles. The standard InChI is InChI=1S/C29H34O3S3.C25H28O4S3.CH3O.Na/c1-17-7-8-22(28-29(34-6)27(32-20(4)30)18(2)19(3)31-28)15-23(17)16-25-13-14-26(35-25)21-9-11-24(33-5)12-10-21;1-14-4-5-16(24-22(27)21(26)23(28)25(29-24)31-3)12-17(14)13-19-10-11-20(32-19)15-6-8-18(30-2)9-7-15;1-2;/h7-15,18-19,27-29H,16H2,1-6H3;4-12,21-28H,13H2,1-3H3;1H3;/q;;-1;+1/t18-,19-,27+,28?,29-;21-,22-,23+,24?,25-;;/m11../s1. The molecule has 0 aliphatic carbocycles. The average molecular weight is 1070 g/mol. The zero-order valence-electron chi connectivity index (χ0n) is 41.9. The second-order valence-electron chi connectivity index (χ2n) is 17.2. The van der Waals surface area contributed by atoms with Gasteiger partial charge in [-0.25, -0.2) is 0 Å². The summed E-state index contributed by atoms with van der Waals surface area (Å²) in [4.78, 5) is 19.5. The number of thioether (sulfide) groups is 4. The minimum Gasteiger partial charge on any atom is -0.857 e. The maximum Gasteiger partial charge on any atom is 1.00 e. The van der Waals surface area contributed by atoms with E-state index >= 15 is 0 Å². The number of hydrogen-bond donors (Lipinski definition) is 3. The fourth-order valence-corrected chi connectivity index (χ4v) is 13.2. The Bertz CT molecular complexity index is 2570. The topological polar surface area (TPSA) is 129 Å². The van der Waals surface area contributed by atoms with Crippen molar-refractivity contribution in [2.75, 3.05) is 32.1 Å². The number of rotatable bonds is 13. The normalized spacial score (nSPS) is 24.0. The molecule has 3 N–H and O–H groups in total. The summed E-state index contributed by atoms with van der Waals surface area (Å²) in [6.45, 7) is 9.95. The summed E-state index contributed by atoms with van der Waals surface area (Å²) in [5.74, 6) is -0.0815. The predicted molar refractivity (Wildman–Crippen MR) is 291 cm³/mol. The van der Waals surface area contributed by atoms with Gasteiger partial charge >= 0.3 is 35.5 Å². The van der Waals surface area contributed by atoms with Gasteiger partial charge in [0.2, 0.25) is 0 Å². The Balaban J connectivity index is 0.000000249. The van der Waals surface area contributed by atoms with Crippen LogP contribution in [0.1, 0.15) is 76.1 Å². The Labute approximate surface area is 462 Å². The second kappa shape index (κ2) is 28.0. The zero-order valence-corrected chi connectivity index (χ0v) is 48.8. The molecule has 4 heterocycles. The van der Waals surface area contributed by atoms with Gasteiger partial charge in [-0.15, -0.1) is 58.0 Å². The maximum absolute atomic E-state index is 11.8. The summed E-state index contributed by atoms with van der Waals surface area (Å²) in [5.41, 5.74) is 8.79. The minimum atomic E-state index is -1.24. The summed E-state index contributed by atoms with van der Waals surface area (Å²) < 4.78 is 18.3. The molecule has 70 heavy (non-hydrogen) atoms. The van der Waals surface area contributed by atoms with Gasteiger partial charge in [0, 0.05) is 55.0 Å². The Morgan fingerprint density at radius 2 is 1.10 bits per heavy atom. The van der Waals surface area contributed by atoms with Crippen LogP contribution in [0.2, 0.25) is 0 Å². The van der Waals surface area contributed by atoms with Gasteiger partial charge in [-0.1, -0.05) is 67.6 Å². The Morgan fingerprint density at radius 3 is 1.53 bits per heavy atom. The van der Waals surface area contributed by atoms with Crippen molar-refractivity contribution in [2.24, 2.45) is 5.92 Å². The molecule has 0 amide bonds. The van der Waals surface area contributed by atoms with Crippen LogP contribution in [0.15, 0.2) is 119 Å². The van der Waals surface area contributed by atoms with Crippen LogP contribution in [0, 0.1) is 19.8 Å². The molecular formula is C55H65NaO8S6. The number of aryl methyl sites for hydroxylation is 2. The van der Waals surface area contributed by atoms with E-state index in [2.05, 4.69) is 144 Å².